The number of amides is 1. The second-order valence-corrected chi connectivity index (χ2v) is 6.72. The van der Waals surface area contributed by atoms with E-state index in [1.807, 2.05) is 6.92 Å². The van der Waals surface area contributed by atoms with Crippen LogP contribution in [0, 0.1) is 12.7 Å². The zero-order valence-corrected chi connectivity index (χ0v) is 16.7. The maximum atomic E-state index is 13.6. The second kappa shape index (κ2) is 7.86. The van der Waals surface area contributed by atoms with Gasteiger partial charge in [0.05, 0.1) is 26.2 Å². The maximum absolute atomic E-state index is 13.6. The molecule has 2 aromatic heterocycles. The predicted octanol–water partition coefficient (Wildman–Crippen LogP) is 3.60. The van der Waals surface area contributed by atoms with Crippen LogP contribution in [-0.2, 0) is 11.2 Å². The summed E-state index contributed by atoms with van der Waals surface area (Å²) in [4.78, 5) is 20.0. The number of aryl methyl sites for hydroxylation is 1. The van der Waals surface area contributed by atoms with Crippen molar-refractivity contribution in [3.8, 4) is 22.9 Å². The monoisotopic (exact) mass is 409 g/mol. The van der Waals surface area contributed by atoms with E-state index in [1.54, 1.807) is 38.5 Å². The molecule has 0 saturated heterocycles. The standard InChI is InChI=1S/C21H20FN5O3/c1-11-15(16-8-12(22)4-7-17(16)23-11)10-19(28)24-21-25-20(26-27-21)14-6-5-13(29-2)9-18(14)30-3/h4-9,23H,10H2,1-3H3,(H2,24,25,26,27,28). The largest absolute Gasteiger partial charge is 0.497 e. The second-order valence-electron chi connectivity index (χ2n) is 6.72. The summed E-state index contributed by atoms with van der Waals surface area (Å²) >= 11 is 0. The number of hydrogen-bond donors (Lipinski definition) is 3. The van der Waals surface area contributed by atoms with Gasteiger partial charge in [-0.1, -0.05) is 0 Å². The van der Waals surface area contributed by atoms with Crippen LogP contribution in [0.15, 0.2) is 36.4 Å². The molecule has 0 saturated carbocycles. The smallest absolute Gasteiger partial charge is 0.249 e. The van der Waals surface area contributed by atoms with Crippen molar-refractivity contribution in [3.05, 3.63) is 53.5 Å². The molecule has 0 spiro atoms. The highest BCUT2D eigenvalue weighted by molar-refractivity contribution is 5.95. The van der Waals surface area contributed by atoms with Crippen LogP contribution in [0.3, 0.4) is 0 Å². The van der Waals surface area contributed by atoms with Crippen molar-refractivity contribution in [2.75, 3.05) is 19.5 Å². The van der Waals surface area contributed by atoms with Crippen molar-refractivity contribution in [2.24, 2.45) is 0 Å². The zero-order valence-electron chi connectivity index (χ0n) is 16.7. The lowest BCUT2D eigenvalue weighted by Crippen LogP contribution is -2.15. The highest BCUT2D eigenvalue weighted by Gasteiger charge is 2.16. The molecule has 1 amide bonds. The summed E-state index contributed by atoms with van der Waals surface area (Å²) in [6.45, 7) is 1.85. The molecule has 0 bridgehead atoms. The number of hydrogen-bond acceptors (Lipinski definition) is 5. The molecule has 4 rings (SSSR count). The van der Waals surface area contributed by atoms with Crippen LogP contribution in [0.1, 0.15) is 11.3 Å². The number of carbonyl (C=O) groups is 1. The van der Waals surface area contributed by atoms with E-state index in [1.165, 1.54) is 12.1 Å². The van der Waals surface area contributed by atoms with Crippen LogP contribution < -0.4 is 14.8 Å². The average Bonchev–Trinajstić information content (AvgIpc) is 3.32. The molecular weight excluding hydrogens is 389 g/mol. The Balaban J connectivity index is 1.53. The molecule has 0 aliphatic carbocycles. The number of nitrogens with zero attached hydrogens (tertiary/aromatic N) is 2. The third-order valence-electron chi connectivity index (χ3n) is 4.82. The topological polar surface area (TPSA) is 105 Å². The lowest BCUT2D eigenvalue weighted by Gasteiger charge is -2.07. The van der Waals surface area contributed by atoms with Gasteiger partial charge in [0.15, 0.2) is 5.82 Å². The summed E-state index contributed by atoms with van der Waals surface area (Å²) in [5, 5.41) is 10.2. The first kappa shape index (κ1) is 19.4. The van der Waals surface area contributed by atoms with Crippen molar-refractivity contribution >= 4 is 22.8 Å². The number of halogens is 1. The van der Waals surface area contributed by atoms with Gasteiger partial charge in [0, 0.05) is 22.7 Å². The first-order valence-electron chi connectivity index (χ1n) is 9.20. The Morgan fingerprint density at radius 3 is 2.77 bits per heavy atom. The minimum Gasteiger partial charge on any atom is -0.497 e. The van der Waals surface area contributed by atoms with E-state index in [0.717, 1.165) is 16.8 Å². The molecule has 2 heterocycles. The van der Waals surface area contributed by atoms with E-state index in [2.05, 4.69) is 25.5 Å². The number of fused-ring (bicyclic) bond motifs is 1. The van der Waals surface area contributed by atoms with Crippen LogP contribution in [-0.4, -0.2) is 40.3 Å². The van der Waals surface area contributed by atoms with Gasteiger partial charge in [0.1, 0.15) is 17.3 Å². The fraction of sp³-hybridized carbons (Fsp3) is 0.190. The summed E-state index contributed by atoms with van der Waals surface area (Å²) in [5.74, 6) is 1.12. The first-order valence-corrected chi connectivity index (χ1v) is 9.20. The lowest BCUT2D eigenvalue weighted by atomic mass is 10.1. The third-order valence-corrected chi connectivity index (χ3v) is 4.82. The molecule has 0 aliphatic heterocycles. The minimum absolute atomic E-state index is 0.0605. The number of carbonyl (C=O) groups excluding carboxylic acids is 1. The molecule has 0 atom stereocenters. The van der Waals surface area contributed by atoms with Crippen molar-refractivity contribution < 1.29 is 18.7 Å². The fourth-order valence-electron chi connectivity index (χ4n) is 3.34. The summed E-state index contributed by atoms with van der Waals surface area (Å²) in [7, 11) is 3.12. The van der Waals surface area contributed by atoms with E-state index in [-0.39, 0.29) is 24.1 Å². The highest BCUT2D eigenvalue weighted by Crippen LogP contribution is 2.31. The van der Waals surface area contributed by atoms with Crippen LogP contribution in [0.4, 0.5) is 10.3 Å². The Labute approximate surface area is 171 Å². The van der Waals surface area contributed by atoms with Crippen LogP contribution in [0.25, 0.3) is 22.3 Å². The summed E-state index contributed by atoms with van der Waals surface area (Å²) < 4.78 is 24.2. The number of rotatable bonds is 6. The van der Waals surface area contributed by atoms with E-state index in [4.69, 9.17) is 9.47 Å². The van der Waals surface area contributed by atoms with E-state index in [0.29, 0.717) is 28.3 Å². The predicted molar refractivity (Wildman–Crippen MR) is 110 cm³/mol. The normalized spacial score (nSPS) is 10.9. The van der Waals surface area contributed by atoms with E-state index < -0.39 is 0 Å². The molecular formula is C21H20FN5O3. The first-order chi connectivity index (χ1) is 14.5. The van der Waals surface area contributed by atoms with E-state index in [9.17, 15) is 9.18 Å². The molecule has 0 unspecified atom stereocenters. The number of H-pyrrole nitrogens is 2. The number of ether oxygens (including phenoxy) is 2. The quantitative estimate of drug-likeness (QED) is 0.451. The van der Waals surface area contributed by atoms with Gasteiger partial charge in [-0.05, 0) is 42.8 Å². The number of benzene rings is 2. The lowest BCUT2D eigenvalue weighted by molar-refractivity contribution is -0.115. The third kappa shape index (κ3) is 3.69. The van der Waals surface area contributed by atoms with Gasteiger partial charge in [-0.25, -0.2) is 4.39 Å². The highest BCUT2D eigenvalue weighted by atomic mass is 19.1. The van der Waals surface area contributed by atoms with E-state index >= 15 is 0 Å². The van der Waals surface area contributed by atoms with Crippen molar-refractivity contribution in [1.82, 2.24) is 20.2 Å². The van der Waals surface area contributed by atoms with Crippen LogP contribution in [0.2, 0.25) is 0 Å². The van der Waals surface area contributed by atoms with Crippen molar-refractivity contribution in [1.29, 1.82) is 0 Å². The van der Waals surface area contributed by atoms with Crippen LogP contribution in [0.5, 0.6) is 11.5 Å². The summed E-state index contributed by atoms with van der Waals surface area (Å²) in [6, 6.07) is 9.75. The van der Waals surface area contributed by atoms with Gasteiger partial charge in [0.25, 0.3) is 0 Å². The molecule has 4 aromatic rings. The van der Waals surface area contributed by atoms with Gasteiger partial charge in [-0.3, -0.25) is 15.2 Å². The number of methoxy groups -OCH3 is 2. The molecule has 8 nitrogen and oxygen atoms in total. The molecule has 3 N–H and O–H groups in total. The van der Waals surface area contributed by atoms with Gasteiger partial charge in [0.2, 0.25) is 11.9 Å². The van der Waals surface area contributed by atoms with Gasteiger partial charge in [-0.15, -0.1) is 5.10 Å². The minimum atomic E-state index is -0.352. The van der Waals surface area contributed by atoms with Gasteiger partial charge >= 0.3 is 0 Å². The Morgan fingerprint density at radius 2 is 2.00 bits per heavy atom. The van der Waals surface area contributed by atoms with Crippen molar-refractivity contribution in [2.45, 2.75) is 13.3 Å². The summed E-state index contributed by atoms with van der Waals surface area (Å²) in [5.41, 5.74) is 3.00. The number of anilines is 1. The maximum Gasteiger partial charge on any atom is 0.249 e. The van der Waals surface area contributed by atoms with Gasteiger partial charge in [-0.2, -0.15) is 4.98 Å². The number of aromatic nitrogens is 4. The molecule has 2 aromatic carbocycles. The zero-order chi connectivity index (χ0) is 21.3. The van der Waals surface area contributed by atoms with Crippen LogP contribution >= 0.6 is 0 Å². The number of nitrogens with one attached hydrogen (secondary N) is 3. The molecule has 9 heteroatoms. The number of aromatic amines is 2. The Hall–Kier alpha value is -3.88. The molecule has 0 aliphatic rings. The Morgan fingerprint density at radius 1 is 1.17 bits per heavy atom. The molecule has 0 fully saturated rings. The fourth-order valence-corrected chi connectivity index (χ4v) is 3.34. The summed E-state index contributed by atoms with van der Waals surface area (Å²) in [6.07, 6.45) is 0.0605. The average molecular weight is 409 g/mol. The Kier molecular flexibility index (Phi) is 5.09. The molecule has 154 valence electrons. The van der Waals surface area contributed by atoms with Gasteiger partial charge < -0.3 is 14.5 Å². The molecule has 30 heavy (non-hydrogen) atoms. The Bertz CT molecular complexity index is 1230. The van der Waals surface area contributed by atoms with Crippen molar-refractivity contribution in [3.63, 3.8) is 0 Å². The SMILES string of the molecule is COc1ccc(-c2nc(NC(=O)Cc3c(C)[nH]c4ccc(F)cc34)n[nH]2)c(OC)c1. The molecule has 0 radical (unpaired) electrons.